The number of nitrogens with one attached hydrogen (secondary N) is 2. The van der Waals surface area contributed by atoms with E-state index in [4.69, 9.17) is 0 Å². The van der Waals surface area contributed by atoms with Crippen LogP contribution in [-0.2, 0) is 6.54 Å². The van der Waals surface area contributed by atoms with Gasteiger partial charge in [0.15, 0.2) is 5.96 Å². The number of guanidine groups is 1. The van der Waals surface area contributed by atoms with Crippen molar-refractivity contribution in [3.05, 3.63) is 35.4 Å². The van der Waals surface area contributed by atoms with E-state index in [0.717, 1.165) is 57.8 Å². The Morgan fingerprint density at radius 2 is 1.89 bits per heavy atom. The van der Waals surface area contributed by atoms with Crippen molar-refractivity contribution in [2.24, 2.45) is 4.99 Å². The van der Waals surface area contributed by atoms with Crippen LogP contribution in [0.3, 0.4) is 0 Å². The number of rotatable bonds is 8. The maximum absolute atomic E-state index is 10.5. The van der Waals surface area contributed by atoms with E-state index in [1.165, 1.54) is 11.1 Å². The number of aryl methyl sites for hydroxylation is 1. The van der Waals surface area contributed by atoms with E-state index >= 15 is 0 Å². The number of benzene rings is 1. The zero-order chi connectivity index (χ0) is 19.7. The van der Waals surface area contributed by atoms with E-state index in [9.17, 15) is 5.11 Å². The predicted molar refractivity (Wildman–Crippen MR) is 130 cm³/mol. The molecular weight excluding hydrogens is 463 g/mol. The summed E-state index contributed by atoms with van der Waals surface area (Å²) in [4.78, 5) is 7.18. The number of aliphatic hydroxyl groups is 1. The van der Waals surface area contributed by atoms with Crippen LogP contribution in [0.5, 0.6) is 0 Å². The molecule has 28 heavy (non-hydrogen) atoms. The summed E-state index contributed by atoms with van der Waals surface area (Å²) in [6.45, 7) is 12.8. The minimum Gasteiger partial charge on any atom is -0.388 e. The molecule has 1 heterocycles. The number of hydrogen-bond donors (Lipinski definition) is 3. The number of aliphatic imine (C=N–C) groups is 1. The smallest absolute Gasteiger partial charge is 0.191 e. The molecule has 0 saturated carbocycles. The molecule has 0 bridgehead atoms. The third-order valence-electron chi connectivity index (χ3n) is 5.61. The molecule has 0 amide bonds. The summed E-state index contributed by atoms with van der Waals surface area (Å²) in [5.41, 5.74) is 2.03. The number of likely N-dealkylation sites (tertiary alicyclic amines) is 1. The first-order chi connectivity index (χ1) is 13.0. The van der Waals surface area contributed by atoms with Gasteiger partial charge in [-0.3, -0.25) is 9.89 Å². The molecule has 0 radical (unpaired) electrons. The number of hydrogen-bond acceptors (Lipinski definition) is 3. The minimum atomic E-state index is -0.695. The van der Waals surface area contributed by atoms with Gasteiger partial charge in [0.25, 0.3) is 0 Å². The molecule has 2 rings (SSSR count). The molecule has 3 N–H and O–H groups in total. The van der Waals surface area contributed by atoms with E-state index < -0.39 is 5.60 Å². The highest BCUT2D eigenvalue weighted by Crippen LogP contribution is 2.16. The summed E-state index contributed by atoms with van der Waals surface area (Å²) in [6, 6.07) is 9.23. The molecule has 1 saturated heterocycles. The summed E-state index contributed by atoms with van der Waals surface area (Å²) in [6.07, 6.45) is 3.68. The highest BCUT2D eigenvalue weighted by atomic mass is 127. The van der Waals surface area contributed by atoms with Gasteiger partial charge in [-0.05, 0) is 45.1 Å². The quantitative estimate of drug-likeness (QED) is 0.289. The van der Waals surface area contributed by atoms with E-state index in [1.54, 1.807) is 0 Å². The SMILES string of the molecule is CCNC(=NCC(O)(CC)CC)NC1CCN(Cc2cccc(C)c2)CC1.I. The fraction of sp³-hybridized carbons (Fsp3) is 0.682. The van der Waals surface area contributed by atoms with Crippen LogP contribution in [0.1, 0.15) is 57.6 Å². The number of nitrogens with zero attached hydrogens (tertiary/aromatic N) is 2. The van der Waals surface area contributed by atoms with Gasteiger partial charge in [-0.25, -0.2) is 0 Å². The lowest BCUT2D eigenvalue weighted by Crippen LogP contribution is -2.49. The van der Waals surface area contributed by atoms with E-state index in [2.05, 4.69) is 58.6 Å². The Balaban J connectivity index is 0.00000392. The lowest BCUT2D eigenvalue weighted by atomic mass is 9.98. The van der Waals surface area contributed by atoms with Crippen LogP contribution >= 0.6 is 24.0 Å². The van der Waals surface area contributed by atoms with Crippen molar-refractivity contribution in [1.29, 1.82) is 0 Å². The highest BCUT2D eigenvalue weighted by Gasteiger charge is 2.23. The van der Waals surface area contributed by atoms with Crippen LogP contribution in [0, 0.1) is 6.92 Å². The third-order valence-corrected chi connectivity index (χ3v) is 5.61. The van der Waals surface area contributed by atoms with Crippen LogP contribution < -0.4 is 10.6 Å². The Kier molecular flexibility index (Phi) is 11.4. The summed E-state index contributed by atoms with van der Waals surface area (Å²) < 4.78 is 0. The van der Waals surface area contributed by atoms with Crippen molar-refractivity contribution in [1.82, 2.24) is 15.5 Å². The Bertz CT molecular complexity index is 596. The fourth-order valence-corrected chi connectivity index (χ4v) is 3.52. The minimum absolute atomic E-state index is 0. The maximum Gasteiger partial charge on any atom is 0.191 e. The molecule has 1 aromatic carbocycles. The molecule has 0 spiro atoms. The second-order valence-corrected chi connectivity index (χ2v) is 7.81. The van der Waals surface area contributed by atoms with Gasteiger partial charge < -0.3 is 15.7 Å². The van der Waals surface area contributed by atoms with Gasteiger partial charge in [-0.1, -0.05) is 43.7 Å². The van der Waals surface area contributed by atoms with Crippen molar-refractivity contribution in [3.63, 3.8) is 0 Å². The molecule has 0 aromatic heterocycles. The molecule has 0 atom stereocenters. The van der Waals surface area contributed by atoms with Gasteiger partial charge in [-0.2, -0.15) is 0 Å². The molecule has 0 aliphatic carbocycles. The second kappa shape index (κ2) is 12.6. The Labute approximate surface area is 188 Å². The summed E-state index contributed by atoms with van der Waals surface area (Å²) >= 11 is 0. The van der Waals surface area contributed by atoms with Gasteiger partial charge in [0, 0.05) is 32.2 Å². The first kappa shape index (κ1) is 25.2. The molecule has 1 fully saturated rings. The highest BCUT2D eigenvalue weighted by molar-refractivity contribution is 14.0. The lowest BCUT2D eigenvalue weighted by molar-refractivity contribution is 0.0417. The van der Waals surface area contributed by atoms with Crippen LogP contribution in [-0.4, -0.2) is 53.8 Å². The van der Waals surface area contributed by atoms with Crippen molar-refractivity contribution in [3.8, 4) is 0 Å². The Hall–Kier alpha value is -0.860. The normalized spacial score (nSPS) is 16.5. The lowest BCUT2D eigenvalue weighted by Gasteiger charge is -2.33. The first-order valence-electron chi connectivity index (χ1n) is 10.5. The zero-order valence-electron chi connectivity index (χ0n) is 18.0. The summed E-state index contributed by atoms with van der Waals surface area (Å²) in [5, 5.41) is 17.4. The standard InChI is InChI=1S/C22H38N4O.HI/c1-5-22(27,6-2)17-24-21(23-7-3)25-20-11-13-26(14-12-20)16-19-10-8-9-18(4)15-19;/h8-10,15,20,27H,5-7,11-14,16-17H2,1-4H3,(H2,23,24,25);1H. The topological polar surface area (TPSA) is 59.9 Å². The number of halogens is 1. The third kappa shape index (κ3) is 8.25. The second-order valence-electron chi connectivity index (χ2n) is 7.81. The zero-order valence-corrected chi connectivity index (χ0v) is 20.3. The monoisotopic (exact) mass is 502 g/mol. The summed E-state index contributed by atoms with van der Waals surface area (Å²) in [7, 11) is 0. The van der Waals surface area contributed by atoms with Gasteiger partial charge in [-0.15, -0.1) is 24.0 Å². The average molecular weight is 502 g/mol. The van der Waals surface area contributed by atoms with Gasteiger partial charge in [0.2, 0.25) is 0 Å². The summed E-state index contributed by atoms with van der Waals surface area (Å²) in [5.74, 6) is 0.829. The largest absolute Gasteiger partial charge is 0.388 e. The van der Waals surface area contributed by atoms with Crippen LogP contribution in [0.25, 0.3) is 0 Å². The molecule has 160 valence electrons. The van der Waals surface area contributed by atoms with Gasteiger partial charge in [0.05, 0.1) is 12.1 Å². The molecular formula is C22H39IN4O. The van der Waals surface area contributed by atoms with Crippen LogP contribution in [0.4, 0.5) is 0 Å². The molecule has 0 unspecified atom stereocenters. The fourth-order valence-electron chi connectivity index (χ4n) is 3.52. The molecule has 1 aromatic rings. The number of piperidine rings is 1. The van der Waals surface area contributed by atoms with Crippen molar-refractivity contribution in [2.45, 2.75) is 71.6 Å². The maximum atomic E-state index is 10.5. The molecule has 1 aliphatic rings. The first-order valence-corrected chi connectivity index (χ1v) is 10.5. The molecule has 6 heteroatoms. The molecule has 1 aliphatic heterocycles. The van der Waals surface area contributed by atoms with Crippen LogP contribution in [0.2, 0.25) is 0 Å². The van der Waals surface area contributed by atoms with E-state index in [1.807, 2.05) is 13.8 Å². The van der Waals surface area contributed by atoms with E-state index in [-0.39, 0.29) is 24.0 Å². The van der Waals surface area contributed by atoms with Crippen molar-refractivity contribution in [2.75, 3.05) is 26.2 Å². The molecule has 5 nitrogen and oxygen atoms in total. The van der Waals surface area contributed by atoms with Crippen molar-refractivity contribution < 1.29 is 5.11 Å². The van der Waals surface area contributed by atoms with Crippen molar-refractivity contribution >= 4 is 29.9 Å². The predicted octanol–water partition coefficient (Wildman–Crippen LogP) is 3.68. The van der Waals surface area contributed by atoms with Gasteiger partial charge in [0.1, 0.15) is 0 Å². The average Bonchev–Trinajstić information content (AvgIpc) is 2.67. The Morgan fingerprint density at radius 1 is 1.21 bits per heavy atom. The van der Waals surface area contributed by atoms with Crippen LogP contribution in [0.15, 0.2) is 29.3 Å². The Morgan fingerprint density at radius 3 is 2.46 bits per heavy atom. The van der Waals surface area contributed by atoms with Gasteiger partial charge >= 0.3 is 0 Å². The van der Waals surface area contributed by atoms with E-state index in [0.29, 0.717) is 12.6 Å².